The molecule has 0 aliphatic carbocycles. The summed E-state index contributed by atoms with van der Waals surface area (Å²) in [5.74, 6) is 0. The third-order valence-electron chi connectivity index (χ3n) is 0. The molecule has 0 bridgehead atoms. The summed E-state index contributed by atoms with van der Waals surface area (Å²) in [6.07, 6.45) is 0. The maximum Gasteiger partial charge on any atom is 2.00 e. The molecule has 0 aromatic rings. The zero-order valence-corrected chi connectivity index (χ0v) is 15.4. The van der Waals surface area contributed by atoms with Crippen molar-refractivity contribution < 1.29 is 100 Å². The van der Waals surface area contributed by atoms with E-state index in [0.717, 1.165) is 0 Å². The van der Waals surface area contributed by atoms with Crippen molar-refractivity contribution in [3.05, 3.63) is 0 Å². The van der Waals surface area contributed by atoms with Gasteiger partial charge in [-0.05, 0) is 0 Å². The van der Waals surface area contributed by atoms with Crippen LogP contribution in [0.15, 0.2) is 0 Å². The molecule has 8 heteroatoms. The van der Waals surface area contributed by atoms with Crippen LogP contribution in [0.25, 0.3) is 0 Å². The molecular formula is BaKNaO4Si. The van der Waals surface area contributed by atoms with Gasteiger partial charge in [-0.1, -0.05) is 0 Å². The van der Waals surface area contributed by atoms with Gasteiger partial charge in [0.2, 0.25) is 0 Å². The second-order valence-corrected chi connectivity index (χ2v) is 1.50. The van der Waals surface area contributed by atoms with Crippen LogP contribution >= 0.6 is 0 Å². The molecule has 0 saturated heterocycles. The second-order valence-electron chi connectivity index (χ2n) is 0.500. The first-order valence-corrected chi connectivity index (χ1v) is 2.45. The van der Waals surface area contributed by atoms with Crippen LogP contribution in [0.3, 0.4) is 0 Å². The third-order valence-corrected chi connectivity index (χ3v) is 0. The van der Waals surface area contributed by atoms with Crippen LogP contribution in [0.1, 0.15) is 0 Å². The zero-order valence-electron chi connectivity index (χ0n) is 4.84. The Bertz CT molecular complexity index is 31.5. The first kappa shape index (κ1) is 22.8. The van der Waals surface area contributed by atoms with E-state index >= 15 is 0 Å². The summed E-state index contributed by atoms with van der Waals surface area (Å²) < 4.78 is 0. The maximum absolute atomic E-state index is 8.58. The van der Waals surface area contributed by atoms with Gasteiger partial charge in [0.1, 0.15) is 0 Å². The van der Waals surface area contributed by atoms with Crippen molar-refractivity contribution in [1.82, 2.24) is 0 Å². The summed E-state index contributed by atoms with van der Waals surface area (Å²) in [5.41, 5.74) is 0. The largest absolute Gasteiger partial charge is 2.00 e. The van der Waals surface area contributed by atoms with Gasteiger partial charge in [-0.3, -0.25) is 0 Å². The fraction of sp³-hybridized carbons (Fsp3) is 0. The van der Waals surface area contributed by atoms with Gasteiger partial charge >= 0.3 is 130 Å². The van der Waals surface area contributed by atoms with Gasteiger partial charge in [-0.15, -0.1) is 0 Å². The Balaban J connectivity index is -0.0000000267. The van der Waals surface area contributed by atoms with E-state index in [0.29, 0.717) is 0 Å². The molecule has 0 amide bonds. The smallest absolute Gasteiger partial charge is 0.894 e. The monoisotopic (exact) mass is 292 g/mol. The van der Waals surface area contributed by atoms with E-state index in [2.05, 4.69) is 0 Å². The van der Waals surface area contributed by atoms with Crippen LogP contribution in [-0.2, 0) is 0 Å². The molecule has 0 spiro atoms. The van der Waals surface area contributed by atoms with Crippen molar-refractivity contribution in [2.45, 2.75) is 0 Å². The van der Waals surface area contributed by atoms with Gasteiger partial charge < -0.3 is 28.2 Å². The number of hydrogen-bond acceptors (Lipinski definition) is 4. The molecule has 0 saturated carbocycles. The average molecular weight is 291 g/mol. The summed E-state index contributed by atoms with van der Waals surface area (Å²) in [6.45, 7) is 0. The topological polar surface area (TPSA) is 92.2 Å². The minimum absolute atomic E-state index is 0. The molecule has 0 radical (unpaired) electrons. The molecule has 0 aromatic carbocycles. The molecule has 0 heterocycles. The van der Waals surface area contributed by atoms with Crippen LogP contribution in [0, 0.1) is 0 Å². The minimum atomic E-state index is -5.61. The van der Waals surface area contributed by atoms with Crippen LogP contribution in [0.2, 0.25) is 0 Å². The van der Waals surface area contributed by atoms with E-state index in [-0.39, 0.29) is 130 Å². The molecule has 8 heavy (non-hydrogen) atoms. The Hall–Kier alpha value is 4.26. The molecule has 0 N–H and O–H groups in total. The summed E-state index contributed by atoms with van der Waals surface area (Å²) in [4.78, 5) is 34.3. The van der Waals surface area contributed by atoms with E-state index in [1.807, 2.05) is 0 Å². The zero-order chi connectivity index (χ0) is 4.50. The molecule has 0 rings (SSSR count). The van der Waals surface area contributed by atoms with Crippen molar-refractivity contribution >= 4 is 57.9 Å². The Morgan fingerprint density at radius 1 is 0.875 bits per heavy atom. The molecule has 0 fully saturated rings. The Morgan fingerprint density at radius 2 is 0.875 bits per heavy atom. The van der Waals surface area contributed by atoms with Crippen LogP contribution in [-0.4, -0.2) is 57.9 Å². The van der Waals surface area contributed by atoms with E-state index in [4.69, 9.17) is 19.2 Å². The van der Waals surface area contributed by atoms with Gasteiger partial charge in [-0.2, -0.15) is 0 Å². The SMILES string of the molecule is [Ba+2].[K+].[Na+].[O-][Si]([O-])([O-])[O-]. The Labute approximate surface area is 153 Å². The van der Waals surface area contributed by atoms with Crippen molar-refractivity contribution in [2.24, 2.45) is 0 Å². The standard InChI is InChI=1S/Ba.K.Na.O4Si/c;;;1-5(2,3)4/q+2;2*+1;-4. The molecule has 0 aliphatic rings. The molecule has 0 unspecified atom stereocenters. The first-order chi connectivity index (χ1) is 2.00. The first-order valence-electron chi connectivity index (χ1n) is 0.816. The van der Waals surface area contributed by atoms with Crippen molar-refractivity contribution in [2.75, 3.05) is 0 Å². The maximum atomic E-state index is 8.58. The molecule has 0 aromatic heterocycles. The molecule has 0 aliphatic heterocycles. The summed E-state index contributed by atoms with van der Waals surface area (Å²) in [5, 5.41) is 0. The van der Waals surface area contributed by atoms with Gasteiger partial charge in [0.25, 0.3) is 0 Å². The molecule has 32 valence electrons. The second kappa shape index (κ2) is 11.3. The van der Waals surface area contributed by atoms with Gasteiger partial charge in [-0.25, -0.2) is 0 Å². The molecular weight excluding hydrogens is 291 g/mol. The quantitative estimate of drug-likeness (QED) is 0.414. The Kier molecular flexibility index (Phi) is 32.1. The van der Waals surface area contributed by atoms with E-state index in [1.165, 1.54) is 0 Å². The predicted molar refractivity (Wildman–Crippen MR) is 11.5 cm³/mol. The van der Waals surface area contributed by atoms with Crippen LogP contribution < -0.4 is 100 Å². The van der Waals surface area contributed by atoms with Crippen molar-refractivity contribution in [3.8, 4) is 0 Å². The van der Waals surface area contributed by atoms with Gasteiger partial charge in [0.05, 0.1) is 0 Å². The van der Waals surface area contributed by atoms with Gasteiger partial charge in [0.15, 0.2) is 0 Å². The molecule has 0 atom stereocenters. The van der Waals surface area contributed by atoms with Crippen LogP contribution in [0.4, 0.5) is 0 Å². The summed E-state index contributed by atoms with van der Waals surface area (Å²) in [6, 6.07) is 0. The fourth-order valence-electron chi connectivity index (χ4n) is 0. The third kappa shape index (κ3) is 48.4. The number of hydrogen-bond donors (Lipinski definition) is 0. The van der Waals surface area contributed by atoms with Crippen LogP contribution in [0.5, 0.6) is 0 Å². The number of rotatable bonds is 0. The van der Waals surface area contributed by atoms with E-state index in [1.54, 1.807) is 0 Å². The normalized spacial score (nSPS) is 7.50. The summed E-state index contributed by atoms with van der Waals surface area (Å²) >= 11 is 0. The summed E-state index contributed by atoms with van der Waals surface area (Å²) in [7, 11) is -5.61. The fourth-order valence-corrected chi connectivity index (χ4v) is 0. The van der Waals surface area contributed by atoms with E-state index < -0.39 is 9.05 Å². The van der Waals surface area contributed by atoms with Crippen molar-refractivity contribution in [1.29, 1.82) is 0 Å². The predicted octanol–water partition coefficient (Wildman–Crippen LogP) is -11.5. The average Bonchev–Trinajstić information content (AvgIpc) is 0.722. The Morgan fingerprint density at radius 3 is 0.875 bits per heavy atom. The van der Waals surface area contributed by atoms with E-state index in [9.17, 15) is 0 Å². The van der Waals surface area contributed by atoms with Gasteiger partial charge in [0, 0.05) is 0 Å². The molecule has 4 nitrogen and oxygen atoms in total. The minimum Gasteiger partial charge on any atom is -0.894 e. The van der Waals surface area contributed by atoms with Crippen molar-refractivity contribution in [3.63, 3.8) is 0 Å².